The number of nitrogens with zero attached hydrogens (tertiary/aromatic N) is 1. The number of methoxy groups -OCH3 is 1. The molecule has 1 aliphatic heterocycles. The van der Waals surface area contributed by atoms with Crippen LogP contribution in [0.2, 0.25) is 0 Å². The first kappa shape index (κ1) is 13.5. The molecule has 1 heterocycles. The minimum Gasteiger partial charge on any atom is -0.465 e. The lowest BCUT2D eigenvalue weighted by atomic mass is 10.1. The van der Waals surface area contributed by atoms with Gasteiger partial charge >= 0.3 is 5.97 Å². The number of carbonyl (C=O) groups excluding carboxylic acids is 1. The highest BCUT2D eigenvalue weighted by molar-refractivity contribution is 8.39. The zero-order valence-corrected chi connectivity index (χ0v) is 11.9. The molecule has 0 amide bonds. The standard InChI is InChI=1S/C13H15NO2S2/c1-16-12(15)11-5-3-2-4-10(11)6-8-17-13-14-7-9-18-13/h2-5H,6-9H2,1H3. The van der Waals surface area contributed by atoms with E-state index in [2.05, 4.69) is 4.99 Å². The van der Waals surface area contributed by atoms with Gasteiger partial charge in [-0.3, -0.25) is 4.99 Å². The summed E-state index contributed by atoms with van der Waals surface area (Å²) in [6.07, 6.45) is 0.857. The first-order valence-electron chi connectivity index (χ1n) is 5.77. The second kappa shape index (κ2) is 6.85. The summed E-state index contributed by atoms with van der Waals surface area (Å²) in [5, 5.41) is 0. The van der Waals surface area contributed by atoms with E-state index < -0.39 is 0 Å². The molecule has 0 saturated heterocycles. The zero-order valence-electron chi connectivity index (χ0n) is 10.2. The number of rotatable bonds is 4. The largest absolute Gasteiger partial charge is 0.465 e. The Hall–Kier alpha value is -0.940. The lowest BCUT2D eigenvalue weighted by molar-refractivity contribution is 0.0599. The van der Waals surface area contributed by atoms with Gasteiger partial charge in [0.1, 0.15) is 4.38 Å². The van der Waals surface area contributed by atoms with Crippen LogP contribution in [0.1, 0.15) is 15.9 Å². The number of hydrogen-bond donors (Lipinski definition) is 0. The van der Waals surface area contributed by atoms with Crippen LogP contribution >= 0.6 is 23.5 Å². The topological polar surface area (TPSA) is 38.7 Å². The zero-order chi connectivity index (χ0) is 12.8. The van der Waals surface area contributed by atoms with Crippen LogP contribution in [0.3, 0.4) is 0 Å². The van der Waals surface area contributed by atoms with Gasteiger partial charge < -0.3 is 4.74 Å². The molecular weight excluding hydrogens is 266 g/mol. The van der Waals surface area contributed by atoms with E-state index >= 15 is 0 Å². The molecule has 0 saturated carbocycles. The SMILES string of the molecule is COC(=O)c1ccccc1CCSC1=NCCS1. The Morgan fingerprint density at radius 1 is 1.50 bits per heavy atom. The lowest BCUT2D eigenvalue weighted by Gasteiger charge is -2.07. The van der Waals surface area contributed by atoms with Crippen LogP contribution in [0.25, 0.3) is 0 Å². The van der Waals surface area contributed by atoms with Crippen LogP contribution < -0.4 is 0 Å². The van der Waals surface area contributed by atoms with Gasteiger partial charge in [0.2, 0.25) is 0 Å². The molecule has 18 heavy (non-hydrogen) atoms. The van der Waals surface area contributed by atoms with Gasteiger partial charge in [-0.15, -0.1) is 0 Å². The number of hydrogen-bond acceptors (Lipinski definition) is 5. The summed E-state index contributed by atoms with van der Waals surface area (Å²) >= 11 is 3.58. The average molecular weight is 281 g/mol. The quantitative estimate of drug-likeness (QED) is 0.796. The predicted molar refractivity (Wildman–Crippen MR) is 78.7 cm³/mol. The van der Waals surface area contributed by atoms with Crippen molar-refractivity contribution in [3.63, 3.8) is 0 Å². The van der Waals surface area contributed by atoms with E-state index in [1.54, 1.807) is 11.8 Å². The van der Waals surface area contributed by atoms with Crippen molar-refractivity contribution in [3.8, 4) is 0 Å². The van der Waals surface area contributed by atoms with Crippen molar-refractivity contribution in [1.82, 2.24) is 0 Å². The van der Waals surface area contributed by atoms with E-state index in [-0.39, 0.29) is 5.97 Å². The van der Waals surface area contributed by atoms with Crippen LogP contribution in [0, 0.1) is 0 Å². The third-order valence-electron chi connectivity index (χ3n) is 2.58. The number of esters is 1. The smallest absolute Gasteiger partial charge is 0.338 e. The maximum absolute atomic E-state index is 11.6. The molecule has 3 nitrogen and oxygen atoms in total. The molecule has 0 bridgehead atoms. The molecule has 1 aromatic rings. The fraction of sp³-hybridized carbons (Fsp3) is 0.385. The Morgan fingerprint density at radius 2 is 2.33 bits per heavy atom. The molecule has 5 heteroatoms. The minimum absolute atomic E-state index is 0.261. The summed E-state index contributed by atoms with van der Waals surface area (Å²) in [6.45, 7) is 0.936. The van der Waals surface area contributed by atoms with Gasteiger partial charge in [-0.2, -0.15) is 0 Å². The third-order valence-corrected chi connectivity index (χ3v) is 4.83. The number of carbonyl (C=O) groups is 1. The summed E-state index contributed by atoms with van der Waals surface area (Å²) in [4.78, 5) is 16.0. The highest BCUT2D eigenvalue weighted by Crippen LogP contribution is 2.23. The molecule has 0 spiro atoms. The molecule has 0 fully saturated rings. The van der Waals surface area contributed by atoms with Gasteiger partial charge in [-0.1, -0.05) is 41.7 Å². The van der Waals surface area contributed by atoms with Crippen molar-refractivity contribution < 1.29 is 9.53 Å². The highest BCUT2D eigenvalue weighted by atomic mass is 32.2. The maximum Gasteiger partial charge on any atom is 0.338 e. The Bertz CT molecular complexity index is 460. The monoisotopic (exact) mass is 281 g/mol. The van der Waals surface area contributed by atoms with E-state index in [1.807, 2.05) is 36.0 Å². The first-order valence-corrected chi connectivity index (χ1v) is 7.74. The fourth-order valence-electron chi connectivity index (χ4n) is 1.70. The Kier molecular flexibility index (Phi) is 5.13. The molecule has 96 valence electrons. The van der Waals surface area contributed by atoms with E-state index in [1.165, 1.54) is 11.5 Å². The number of aliphatic imine (C=N–C) groups is 1. The summed E-state index contributed by atoms with van der Waals surface area (Å²) < 4.78 is 5.95. The Balaban J connectivity index is 1.94. The molecule has 1 aliphatic rings. The first-order chi connectivity index (χ1) is 8.81. The van der Waals surface area contributed by atoms with Gasteiger partial charge in [0.05, 0.1) is 19.2 Å². The molecule has 0 aliphatic carbocycles. The number of ether oxygens (including phenoxy) is 1. The van der Waals surface area contributed by atoms with Crippen LogP contribution in [0.15, 0.2) is 29.3 Å². The van der Waals surface area contributed by atoms with Crippen LogP contribution in [-0.4, -0.2) is 35.5 Å². The normalized spacial score (nSPS) is 14.4. The van der Waals surface area contributed by atoms with Crippen molar-refractivity contribution in [3.05, 3.63) is 35.4 Å². The molecule has 1 aromatic carbocycles. The highest BCUT2D eigenvalue weighted by Gasteiger charge is 2.12. The van der Waals surface area contributed by atoms with Crippen LogP contribution in [-0.2, 0) is 11.2 Å². The molecular formula is C13H15NO2S2. The van der Waals surface area contributed by atoms with Gasteiger partial charge in [-0.25, -0.2) is 4.79 Å². The summed E-state index contributed by atoms with van der Waals surface area (Å²) in [5.41, 5.74) is 1.71. The summed E-state index contributed by atoms with van der Waals surface area (Å²) in [5.74, 6) is 1.78. The van der Waals surface area contributed by atoms with Gasteiger partial charge in [0.15, 0.2) is 0 Å². The Morgan fingerprint density at radius 3 is 3.06 bits per heavy atom. The van der Waals surface area contributed by atoms with Gasteiger partial charge in [0.25, 0.3) is 0 Å². The van der Waals surface area contributed by atoms with Crippen molar-refractivity contribution in [2.24, 2.45) is 4.99 Å². The minimum atomic E-state index is -0.261. The molecule has 2 rings (SSSR count). The maximum atomic E-state index is 11.6. The van der Waals surface area contributed by atoms with E-state index in [0.29, 0.717) is 5.56 Å². The summed E-state index contributed by atoms with van der Waals surface area (Å²) in [6, 6.07) is 7.61. The van der Waals surface area contributed by atoms with Crippen molar-refractivity contribution in [1.29, 1.82) is 0 Å². The van der Waals surface area contributed by atoms with E-state index in [0.717, 1.165) is 30.0 Å². The van der Waals surface area contributed by atoms with Gasteiger partial charge in [-0.05, 0) is 18.1 Å². The van der Waals surface area contributed by atoms with Crippen molar-refractivity contribution in [2.45, 2.75) is 6.42 Å². The van der Waals surface area contributed by atoms with Crippen molar-refractivity contribution in [2.75, 3.05) is 25.2 Å². The molecule has 0 unspecified atom stereocenters. The molecule has 0 atom stereocenters. The average Bonchev–Trinajstić information content (AvgIpc) is 2.92. The number of thioether (sulfide) groups is 2. The van der Waals surface area contributed by atoms with Crippen molar-refractivity contribution >= 4 is 33.9 Å². The number of aryl methyl sites for hydroxylation is 1. The van der Waals surface area contributed by atoms with Crippen LogP contribution in [0.4, 0.5) is 0 Å². The lowest BCUT2D eigenvalue weighted by Crippen LogP contribution is -2.06. The molecule has 0 radical (unpaired) electrons. The molecule has 0 N–H and O–H groups in total. The second-order valence-corrected chi connectivity index (χ2v) is 6.17. The fourth-order valence-corrected chi connectivity index (χ4v) is 3.75. The van der Waals surface area contributed by atoms with E-state index in [4.69, 9.17) is 4.74 Å². The number of benzene rings is 1. The van der Waals surface area contributed by atoms with E-state index in [9.17, 15) is 4.79 Å². The molecule has 0 aromatic heterocycles. The second-order valence-electron chi connectivity index (χ2n) is 3.74. The van der Waals surface area contributed by atoms with Gasteiger partial charge in [0, 0.05) is 11.5 Å². The predicted octanol–water partition coefficient (Wildman–Crippen LogP) is 2.85. The van der Waals surface area contributed by atoms with Crippen LogP contribution in [0.5, 0.6) is 0 Å². The Labute approximate surface area is 115 Å². The third kappa shape index (κ3) is 3.53. The summed E-state index contributed by atoms with van der Waals surface area (Å²) in [7, 11) is 1.41.